The number of ether oxygens (including phenoxy) is 1. The third-order valence-corrected chi connectivity index (χ3v) is 1.90. The summed E-state index contributed by atoms with van der Waals surface area (Å²) in [6.07, 6.45) is 3.68. The Balaban J connectivity index is 0. The van der Waals surface area contributed by atoms with Gasteiger partial charge in [0.1, 0.15) is 5.72 Å². The lowest BCUT2D eigenvalue weighted by Gasteiger charge is -2.29. The molecule has 0 spiro atoms. The summed E-state index contributed by atoms with van der Waals surface area (Å²) in [6, 6.07) is -0.0394. The second-order valence-electron chi connectivity index (χ2n) is 3.55. The van der Waals surface area contributed by atoms with Crippen molar-refractivity contribution in [2.75, 3.05) is 6.61 Å². The van der Waals surface area contributed by atoms with Crippen LogP contribution in [-0.4, -0.2) is 34.5 Å². The van der Waals surface area contributed by atoms with Crippen molar-refractivity contribution in [2.24, 2.45) is 0 Å². The third-order valence-electron chi connectivity index (χ3n) is 1.90. The molecule has 0 bridgehead atoms. The Morgan fingerprint density at radius 1 is 1.56 bits per heavy atom. The normalized spacial score (nSPS) is 20.8. The van der Waals surface area contributed by atoms with Gasteiger partial charge < -0.3 is 9.84 Å². The van der Waals surface area contributed by atoms with Crippen LogP contribution >= 0.6 is 0 Å². The van der Waals surface area contributed by atoms with Gasteiger partial charge in [0.05, 0.1) is 12.6 Å². The maximum absolute atomic E-state index is 10.7. The standard InChI is InChI=1S/C7H13NO3.C3H4.C2H6/c1-5-4-11-7(2,3)8(5)6(9)10;1-3-2;1-2/h5H,4H2,1-3H3,(H,9,10);1H,2H3;1-2H3. The van der Waals surface area contributed by atoms with Crippen molar-refractivity contribution in [1.29, 1.82) is 0 Å². The van der Waals surface area contributed by atoms with E-state index in [0.717, 1.165) is 0 Å². The van der Waals surface area contributed by atoms with Crippen molar-refractivity contribution in [1.82, 2.24) is 4.90 Å². The fourth-order valence-electron chi connectivity index (χ4n) is 1.42. The van der Waals surface area contributed by atoms with E-state index in [9.17, 15) is 4.79 Å². The smallest absolute Gasteiger partial charge is 0.409 e. The lowest BCUT2D eigenvalue weighted by atomic mass is 10.2. The van der Waals surface area contributed by atoms with Gasteiger partial charge in [-0.25, -0.2) is 4.79 Å². The Morgan fingerprint density at radius 2 is 1.94 bits per heavy atom. The first-order chi connectivity index (χ1) is 7.36. The van der Waals surface area contributed by atoms with E-state index in [1.807, 2.05) is 20.8 Å². The zero-order valence-electron chi connectivity index (χ0n) is 11.1. The zero-order valence-corrected chi connectivity index (χ0v) is 11.1. The monoisotopic (exact) mass is 229 g/mol. The number of carboxylic acid groups (broad SMARTS) is 1. The first kappa shape index (κ1) is 17.2. The molecular formula is C12H23NO3. The summed E-state index contributed by atoms with van der Waals surface area (Å²) in [6.45, 7) is 11.5. The van der Waals surface area contributed by atoms with Crippen molar-refractivity contribution in [3.63, 3.8) is 0 Å². The van der Waals surface area contributed by atoms with E-state index >= 15 is 0 Å². The molecule has 0 radical (unpaired) electrons. The molecule has 0 aromatic heterocycles. The molecular weight excluding hydrogens is 206 g/mol. The molecule has 1 fully saturated rings. The number of rotatable bonds is 0. The van der Waals surface area contributed by atoms with Crippen LogP contribution in [0.4, 0.5) is 4.79 Å². The number of amides is 1. The molecule has 0 saturated carbocycles. The van der Waals surface area contributed by atoms with Crippen LogP contribution in [0.2, 0.25) is 0 Å². The molecule has 1 saturated heterocycles. The van der Waals surface area contributed by atoms with Crippen LogP contribution in [0.25, 0.3) is 0 Å². The summed E-state index contributed by atoms with van der Waals surface area (Å²) < 4.78 is 5.27. The fraction of sp³-hybridized carbons (Fsp3) is 0.750. The van der Waals surface area contributed by atoms with Crippen LogP contribution in [0.1, 0.15) is 41.5 Å². The maximum Gasteiger partial charge on any atom is 0.409 e. The van der Waals surface area contributed by atoms with Crippen molar-refractivity contribution in [2.45, 2.75) is 53.3 Å². The molecule has 16 heavy (non-hydrogen) atoms. The van der Waals surface area contributed by atoms with Gasteiger partial charge in [-0.3, -0.25) is 4.90 Å². The predicted octanol–water partition coefficient (Wildman–Crippen LogP) is 2.79. The minimum Gasteiger partial charge on any atom is -0.465 e. The molecule has 0 aromatic carbocycles. The predicted molar refractivity (Wildman–Crippen MR) is 65.2 cm³/mol. The Kier molecular flexibility index (Phi) is 8.60. The second kappa shape index (κ2) is 8.00. The van der Waals surface area contributed by atoms with Gasteiger partial charge in [0.15, 0.2) is 0 Å². The molecule has 1 aliphatic heterocycles. The van der Waals surface area contributed by atoms with Crippen LogP contribution in [0, 0.1) is 12.3 Å². The second-order valence-corrected chi connectivity index (χ2v) is 3.55. The quantitative estimate of drug-likeness (QED) is 0.650. The summed E-state index contributed by atoms with van der Waals surface area (Å²) in [5, 5.41) is 8.77. The minimum absolute atomic E-state index is 0.0394. The molecule has 4 heteroatoms. The Bertz CT molecular complexity index is 243. The van der Waals surface area contributed by atoms with Gasteiger partial charge in [0.25, 0.3) is 0 Å². The topological polar surface area (TPSA) is 49.8 Å². The van der Waals surface area contributed by atoms with Crippen molar-refractivity contribution < 1.29 is 14.6 Å². The van der Waals surface area contributed by atoms with Gasteiger partial charge in [-0.15, -0.1) is 12.3 Å². The third kappa shape index (κ3) is 5.04. The average molecular weight is 229 g/mol. The van der Waals surface area contributed by atoms with E-state index < -0.39 is 11.8 Å². The van der Waals surface area contributed by atoms with Crippen LogP contribution in [0.3, 0.4) is 0 Å². The number of hydrogen-bond donors (Lipinski definition) is 1. The van der Waals surface area contributed by atoms with Crippen LogP contribution < -0.4 is 0 Å². The van der Waals surface area contributed by atoms with Crippen LogP contribution in [0.15, 0.2) is 0 Å². The molecule has 4 nitrogen and oxygen atoms in total. The summed E-state index contributed by atoms with van der Waals surface area (Å²) in [5.74, 6) is 2.25. The molecule has 1 N–H and O–H groups in total. The molecule has 1 atom stereocenters. The SMILES string of the molecule is C#CC.CC.CC1COC(C)(C)N1C(=O)O. The Morgan fingerprint density at radius 3 is 2.06 bits per heavy atom. The van der Waals surface area contributed by atoms with Gasteiger partial charge in [-0.05, 0) is 27.7 Å². The highest BCUT2D eigenvalue weighted by molar-refractivity contribution is 5.66. The maximum atomic E-state index is 10.7. The number of nitrogens with zero attached hydrogens (tertiary/aromatic N) is 1. The molecule has 1 amide bonds. The van der Waals surface area contributed by atoms with Crippen molar-refractivity contribution >= 4 is 6.09 Å². The average Bonchev–Trinajstić information content (AvgIpc) is 2.45. The molecule has 1 unspecified atom stereocenters. The largest absolute Gasteiger partial charge is 0.465 e. The fourth-order valence-corrected chi connectivity index (χ4v) is 1.42. The molecule has 1 aliphatic rings. The summed E-state index contributed by atoms with van der Waals surface area (Å²) in [5.41, 5.74) is -0.661. The molecule has 0 aliphatic carbocycles. The van der Waals surface area contributed by atoms with Gasteiger partial charge in [0.2, 0.25) is 0 Å². The summed E-state index contributed by atoms with van der Waals surface area (Å²) >= 11 is 0. The van der Waals surface area contributed by atoms with E-state index in [1.165, 1.54) is 4.90 Å². The molecule has 0 aromatic rings. The highest BCUT2D eigenvalue weighted by Crippen LogP contribution is 2.26. The van der Waals surface area contributed by atoms with E-state index in [4.69, 9.17) is 9.84 Å². The first-order valence-corrected chi connectivity index (χ1v) is 5.40. The van der Waals surface area contributed by atoms with Gasteiger partial charge in [-0.2, -0.15) is 0 Å². The van der Waals surface area contributed by atoms with Crippen molar-refractivity contribution in [3.8, 4) is 12.3 Å². The van der Waals surface area contributed by atoms with E-state index in [2.05, 4.69) is 12.3 Å². The number of hydrogen-bond acceptors (Lipinski definition) is 2. The Hall–Kier alpha value is -1.21. The first-order valence-electron chi connectivity index (χ1n) is 5.40. The van der Waals surface area contributed by atoms with Gasteiger partial charge >= 0.3 is 6.09 Å². The highest BCUT2D eigenvalue weighted by Gasteiger charge is 2.41. The molecule has 1 rings (SSSR count). The minimum atomic E-state index is -0.917. The highest BCUT2D eigenvalue weighted by atomic mass is 16.5. The lowest BCUT2D eigenvalue weighted by molar-refractivity contribution is -0.0415. The van der Waals surface area contributed by atoms with Crippen molar-refractivity contribution in [3.05, 3.63) is 0 Å². The van der Waals surface area contributed by atoms with Gasteiger partial charge in [0, 0.05) is 0 Å². The van der Waals surface area contributed by atoms with Crippen LogP contribution in [-0.2, 0) is 4.74 Å². The lowest BCUT2D eigenvalue weighted by Crippen LogP contribution is -2.46. The zero-order chi connectivity index (χ0) is 13.4. The number of terminal acetylenes is 1. The Labute approximate surface area is 98.6 Å². The van der Waals surface area contributed by atoms with Crippen LogP contribution in [0.5, 0.6) is 0 Å². The summed E-state index contributed by atoms with van der Waals surface area (Å²) in [7, 11) is 0. The number of carbonyl (C=O) groups is 1. The summed E-state index contributed by atoms with van der Waals surface area (Å²) in [4.78, 5) is 12.0. The van der Waals surface area contributed by atoms with E-state index in [0.29, 0.717) is 6.61 Å². The van der Waals surface area contributed by atoms with Gasteiger partial charge in [-0.1, -0.05) is 13.8 Å². The van der Waals surface area contributed by atoms with E-state index in [1.54, 1.807) is 20.8 Å². The van der Waals surface area contributed by atoms with E-state index in [-0.39, 0.29) is 6.04 Å². The molecule has 94 valence electrons. The molecule has 1 heterocycles.